The molecule has 1 aliphatic heterocycles. The fraction of sp³-hybridized carbons (Fsp3) is 0.615. The van der Waals surface area contributed by atoms with Crippen molar-refractivity contribution in [2.45, 2.75) is 25.7 Å². The molecule has 0 spiro atoms. The van der Waals surface area contributed by atoms with Crippen LogP contribution >= 0.6 is 11.3 Å². The van der Waals surface area contributed by atoms with Gasteiger partial charge in [0, 0.05) is 18.0 Å². The van der Waals surface area contributed by atoms with Gasteiger partial charge in [0.1, 0.15) is 5.00 Å². The van der Waals surface area contributed by atoms with Gasteiger partial charge in [-0.1, -0.05) is 0 Å². The van der Waals surface area contributed by atoms with Gasteiger partial charge in [-0.2, -0.15) is 0 Å². The number of Topliss-reactive ketones (excluding diaryl/α,β-unsaturated/α-hetero) is 1. The Kier molecular flexibility index (Phi) is 2.92. The molecule has 1 saturated heterocycles. The highest BCUT2D eigenvalue weighted by Crippen LogP contribution is 2.46. The Bertz CT molecular complexity index is 431. The first kappa shape index (κ1) is 11.2. The van der Waals surface area contributed by atoms with Gasteiger partial charge in [-0.3, -0.25) is 4.79 Å². The monoisotopic (exact) mass is 251 g/mol. The first-order valence-corrected chi connectivity index (χ1v) is 7.04. The van der Waals surface area contributed by atoms with Crippen LogP contribution in [0.5, 0.6) is 0 Å². The molecule has 17 heavy (non-hydrogen) atoms. The summed E-state index contributed by atoms with van der Waals surface area (Å²) in [6, 6.07) is 2.12. The number of morpholine rings is 1. The lowest BCUT2D eigenvalue weighted by Crippen LogP contribution is -2.36. The van der Waals surface area contributed by atoms with Crippen molar-refractivity contribution in [3.05, 3.63) is 16.5 Å². The maximum absolute atomic E-state index is 11.7. The normalized spacial score (nSPS) is 20.6. The number of carbonyl (C=O) groups is 1. The largest absolute Gasteiger partial charge is 0.378 e. The molecule has 0 amide bonds. The van der Waals surface area contributed by atoms with Crippen molar-refractivity contribution in [1.29, 1.82) is 0 Å². The van der Waals surface area contributed by atoms with Gasteiger partial charge in [-0.05, 0) is 31.7 Å². The van der Waals surface area contributed by atoms with Crippen molar-refractivity contribution >= 4 is 22.1 Å². The van der Waals surface area contributed by atoms with Crippen LogP contribution in [0.4, 0.5) is 5.00 Å². The third-order valence-electron chi connectivity index (χ3n) is 3.39. The van der Waals surface area contributed by atoms with E-state index in [1.54, 1.807) is 6.92 Å². The highest BCUT2D eigenvalue weighted by atomic mass is 32.1. The van der Waals surface area contributed by atoms with Crippen molar-refractivity contribution in [2.75, 3.05) is 31.2 Å². The summed E-state index contributed by atoms with van der Waals surface area (Å²) in [4.78, 5) is 15.4. The van der Waals surface area contributed by atoms with Crippen LogP contribution < -0.4 is 4.90 Å². The van der Waals surface area contributed by atoms with Crippen LogP contribution in [-0.2, 0) is 4.74 Å². The molecular formula is C13H17NO2S. The second-order valence-electron chi connectivity index (χ2n) is 4.80. The molecule has 0 bridgehead atoms. The molecule has 0 unspecified atom stereocenters. The number of carbonyl (C=O) groups excluding carboxylic acids is 1. The van der Waals surface area contributed by atoms with Gasteiger partial charge in [0.25, 0.3) is 0 Å². The number of anilines is 1. The highest BCUT2D eigenvalue weighted by Gasteiger charge is 2.29. The number of rotatable bonds is 3. The summed E-state index contributed by atoms with van der Waals surface area (Å²) in [5.74, 6) is 0.919. The number of hydrogen-bond donors (Lipinski definition) is 0. The summed E-state index contributed by atoms with van der Waals surface area (Å²) >= 11 is 1.81. The van der Waals surface area contributed by atoms with E-state index in [4.69, 9.17) is 4.74 Å². The van der Waals surface area contributed by atoms with E-state index < -0.39 is 0 Å². The Hall–Kier alpha value is -0.870. The standard InChI is InChI=1S/C13H17NO2S/c1-9(15)11-8-12(10-2-3-10)17-13(11)14-4-6-16-7-5-14/h8,10H,2-7H2,1H3. The molecule has 0 atom stereocenters. The van der Waals surface area contributed by atoms with Crippen molar-refractivity contribution in [3.8, 4) is 0 Å². The molecule has 2 fully saturated rings. The zero-order valence-corrected chi connectivity index (χ0v) is 10.9. The molecule has 0 aromatic carbocycles. The van der Waals surface area contributed by atoms with E-state index in [0.29, 0.717) is 0 Å². The average Bonchev–Trinajstić information content (AvgIpc) is 3.09. The molecular weight excluding hydrogens is 234 g/mol. The number of ketones is 1. The van der Waals surface area contributed by atoms with E-state index in [9.17, 15) is 4.79 Å². The summed E-state index contributed by atoms with van der Waals surface area (Å²) in [5, 5.41) is 1.17. The minimum absolute atomic E-state index is 0.189. The quantitative estimate of drug-likeness (QED) is 0.774. The third-order valence-corrected chi connectivity index (χ3v) is 4.75. The van der Waals surface area contributed by atoms with E-state index >= 15 is 0 Å². The first-order chi connectivity index (χ1) is 8.25. The van der Waals surface area contributed by atoms with E-state index in [2.05, 4.69) is 11.0 Å². The van der Waals surface area contributed by atoms with Crippen molar-refractivity contribution < 1.29 is 9.53 Å². The summed E-state index contributed by atoms with van der Waals surface area (Å²) in [6.45, 7) is 5.03. The van der Waals surface area contributed by atoms with Crippen LogP contribution in [0.25, 0.3) is 0 Å². The molecule has 3 rings (SSSR count). The Balaban J connectivity index is 1.91. The summed E-state index contributed by atoms with van der Waals surface area (Å²) in [6.07, 6.45) is 2.58. The Morgan fingerprint density at radius 1 is 1.41 bits per heavy atom. The van der Waals surface area contributed by atoms with E-state index in [0.717, 1.165) is 37.8 Å². The molecule has 1 aromatic heterocycles. The molecule has 2 heterocycles. The van der Waals surface area contributed by atoms with Crippen molar-refractivity contribution in [1.82, 2.24) is 0 Å². The zero-order valence-electron chi connectivity index (χ0n) is 10.1. The predicted octanol–water partition coefficient (Wildman–Crippen LogP) is 2.66. The molecule has 0 radical (unpaired) electrons. The molecule has 0 N–H and O–H groups in total. The molecule has 92 valence electrons. The maximum atomic E-state index is 11.7. The lowest BCUT2D eigenvalue weighted by atomic mass is 10.2. The van der Waals surface area contributed by atoms with Crippen LogP contribution in [0.1, 0.15) is 40.9 Å². The second-order valence-corrected chi connectivity index (χ2v) is 5.86. The molecule has 1 saturated carbocycles. The minimum atomic E-state index is 0.189. The van der Waals surface area contributed by atoms with Gasteiger partial charge in [-0.25, -0.2) is 0 Å². The Labute approximate surface area is 105 Å². The van der Waals surface area contributed by atoms with E-state index in [1.807, 2.05) is 11.3 Å². The van der Waals surface area contributed by atoms with E-state index in [-0.39, 0.29) is 5.78 Å². The molecule has 4 heteroatoms. The topological polar surface area (TPSA) is 29.5 Å². The van der Waals surface area contributed by atoms with Crippen LogP contribution in [0.3, 0.4) is 0 Å². The molecule has 1 aliphatic carbocycles. The van der Waals surface area contributed by atoms with E-state index in [1.165, 1.54) is 22.7 Å². The highest BCUT2D eigenvalue weighted by molar-refractivity contribution is 7.16. The second kappa shape index (κ2) is 4.42. The number of thiophene rings is 1. The molecule has 3 nitrogen and oxygen atoms in total. The summed E-state index contributed by atoms with van der Waals surface area (Å²) in [5.41, 5.74) is 0.916. The van der Waals surface area contributed by atoms with Crippen molar-refractivity contribution in [2.24, 2.45) is 0 Å². The molecule has 1 aromatic rings. The smallest absolute Gasteiger partial charge is 0.162 e. The maximum Gasteiger partial charge on any atom is 0.162 e. The van der Waals surface area contributed by atoms with Crippen LogP contribution in [0.2, 0.25) is 0 Å². The first-order valence-electron chi connectivity index (χ1n) is 6.23. The fourth-order valence-electron chi connectivity index (χ4n) is 2.22. The van der Waals surface area contributed by atoms with Crippen LogP contribution in [0, 0.1) is 0 Å². The summed E-state index contributed by atoms with van der Waals surface area (Å²) < 4.78 is 5.37. The summed E-state index contributed by atoms with van der Waals surface area (Å²) in [7, 11) is 0. The van der Waals surface area contributed by atoms with Crippen LogP contribution in [0.15, 0.2) is 6.07 Å². The Morgan fingerprint density at radius 2 is 2.12 bits per heavy atom. The third kappa shape index (κ3) is 2.24. The van der Waals surface area contributed by atoms with Gasteiger partial charge in [0.15, 0.2) is 5.78 Å². The van der Waals surface area contributed by atoms with Crippen LogP contribution in [-0.4, -0.2) is 32.1 Å². The van der Waals surface area contributed by atoms with Gasteiger partial charge < -0.3 is 9.64 Å². The number of hydrogen-bond acceptors (Lipinski definition) is 4. The molecule has 2 aliphatic rings. The fourth-order valence-corrected chi connectivity index (χ4v) is 3.65. The zero-order chi connectivity index (χ0) is 11.8. The van der Waals surface area contributed by atoms with Crippen molar-refractivity contribution in [3.63, 3.8) is 0 Å². The van der Waals surface area contributed by atoms with Gasteiger partial charge in [-0.15, -0.1) is 11.3 Å². The van der Waals surface area contributed by atoms with Gasteiger partial charge in [0.05, 0.1) is 18.8 Å². The number of nitrogens with zero attached hydrogens (tertiary/aromatic N) is 1. The SMILES string of the molecule is CC(=O)c1cc(C2CC2)sc1N1CCOCC1. The Morgan fingerprint density at radius 3 is 2.71 bits per heavy atom. The number of ether oxygens (including phenoxy) is 1. The predicted molar refractivity (Wildman–Crippen MR) is 69.3 cm³/mol. The lowest BCUT2D eigenvalue weighted by molar-refractivity contribution is 0.101. The van der Waals surface area contributed by atoms with Gasteiger partial charge >= 0.3 is 0 Å². The lowest BCUT2D eigenvalue weighted by Gasteiger charge is -2.28. The average molecular weight is 251 g/mol. The minimum Gasteiger partial charge on any atom is -0.378 e. The van der Waals surface area contributed by atoms with Gasteiger partial charge in [0.2, 0.25) is 0 Å².